The van der Waals surface area contributed by atoms with Crippen LogP contribution >= 0.6 is 0 Å². The summed E-state index contributed by atoms with van der Waals surface area (Å²) in [6.07, 6.45) is 0. The van der Waals surface area contributed by atoms with Crippen molar-refractivity contribution in [3.05, 3.63) is 48.0 Å². The normalized spacial score (nSPS) is 10.1. The quantitative estimate of drug-likeness (QED) is 0.736. The van der Waals surface area contributed by atoms with Gasteiger partial charge in [0, 0.05) is 13.6 Å². The number of carbonyl (C=O) groups is 1. The van der Waals surface area contributed by atoms with E-state index in [2.05, 4.69) is 0 Å². The molecule has 0 N–H and O–H groups in total. The fourth-order valence-electron chi connectivity index (χ4n) is 2.33. The van der Waals surface area contributed by atoms with Gasteiger partial charge in [0.05, 0.1) is 21.3 Å². The van der Waals surface area contributed by atoms with Crippen molar-refractivity contribution in [1.82, 2.24) is 4.90 Å². The molecule has 6 nitrogen and oxygen atoms in total. The lowest BCUT2D eigenvalue weighted by molar-refractivity contribution is -0.132. The molecule has 0 saturated carbocycles. The molecular formula is C19H23NO5. The second-order valence-corrected chi connectivity index (χ2v) is 5.38. The molecule has 2 aromatic rings. The summed E-state index contributed by atoms with van der Waals surface area (Å²) in [6, 6.07) is 12.8. The number of hydrogen-bond acceptors (Lipinski definition) is 5. The summed E-state index contributed by atoms with van der Waals surface area (Å²) in [5.74, 6) is 2.28. The van der Waals surface area contributed by atoms with Crippen molar-refractivity contribution in [1.29, 1.82) is 0 Å². The van der Waals surface area contributed by atoms with E-state index in [-0.39, 0.29) is 12.5 Å². The third-order valence-corrected chi connectivity index (χ3v) is 3.71. The van der Waals surface area contributed by atoms with Crippen LogP contribution in [0.25, 0.3) is 0 Å². The summed E-state index contributed by atoms with van der Waals surface area (Å²) >= 11 is 0. The van der Waals surface area contributed by atoms with Gasteiger partial charge in [0.2, 0.25) is 0 Å². The average molecular weight is 345 g/mol. The fraction of sp³-hybridized carbons (Fsp3) is 0.316. The van der Waals surface area contributed by atoms with Crippen LogP contribution in [0.3, 0.4) is 0 Å². The van der Waals surface area contributed by atoms with Crippen molar-refractivity contribution >= 4 is 5.91 Å². The Bertz CT molecular complexity index is 717. The van der Waals surface area contributed by atoms with Gasteiger partial charge in [-0.1, -0.05) is 18.2 Å². The first kappa shape index (κ1) is 18.4. The topological polar surface area (TPSA) is 57.2 Å². The highest BCUT2D eigenvalue weighted by Crippen LogP contribution is 2.28. The van der Waals surface area contributed by atoms with Crippen LogP contribution in [0.1, 0.15) is 5.56 Å². The molecule has 0 heterocycles. The Labute approximate surface area is 147 Å². The molecule has 0 aliphatic heterocycles. The Morgan fingerprint density at radius 3 is 2.12 bits per heavy atom. The van der Waals surface area contributed by atoms with E-state index in [0.717, 1.165) is 5.56 Å². The number of methoxy groups -OCH3 is 3. The number of amides is 1. The molecule has 0 saturated heterocycles. The molecule has 2 rings (SSSR count). The molecule has 0 spiro atoms. The Balaban J connectivity index is 1.96. The fourth-order valence-corrected chi connectivity index (χ4v) is 2.33. The lowest BCUT2D eigenvalue weighted by Crippen LogP contribution is -2.31. The van der Waals surface area contributed by atoms with Gasteiger partial charge in [-0.15, -0.1) is 0 Å². The predicted molar refractivity (Wildman–Crippen MR) is 94.5 cm³/mol. The zero-order valence-electron chi connectivity index (χ0n) is 14.9. The third-order valence-electron chi connectivity index (χ3n) is 3.71. The molecule has 0 aliphatic carbocycles. The van der Waals surface area contributed by atoms with Gasteiger partial charge in [0.1, 0.15) is 0 Å². The predicted octanol–water partition coefficient (Wildman–Crippen LogP) is 2.75. The molecule has 0 bridgehead atoms. The maximum Gasteiger partial charge on any atom is 0.260 e. The highest BCUT2D eigenvalue weighted by atomic mass is 16.5. The summed E-state index contributed by atoms with van der Waals surface area (Å²) in [4.78, 5) is 13.9. The first-order valence-electron chi connectivity index (χ1n) is 7.79. The van der Waals surface area contributed by atoms with Crippen LogP contribution in [0.4, 0.5) is 0 Å². The number of likely N-dealkylation sites (N-methyl/N-ethyl adjacent to an activating group) is 1. The largest absolute Gasteiger partial charge is 0.493 e. The van der Waals surface area contributed by atoms with Gasteiger partial charge >= 0.3 is 0 Å². The maximum absolute atomic E-state index is 12.3. The summed E-state index contributed by atoms with van der Waals surface area (Å²) in [7, 11) is 6.46. The number of rotatable bonds is 8. The van der Waals surface area contributed by atoms with Gasteiger partial charge < -0.3 is 23.8 Å². The van der Waals surface area contributed by atoms with Gasteiger partial charge in [0.15, 0.2) is 29.6 Å². The first-order valence-corrected chi connectivity index (χ1v) is 7.79. The number of benzene rings is 2. The van der Waals surface area contributed by atoms with Crippen molar-refractivity contribution in [2.24, 2.45) is 0 Å². The Morgan fingerprint density at radius 1 is 0.880 bits per heavy atom. The van der Waals surface area contributed by atoms with E-state index in [1.165, 1.54) is 0 Å². The van der Waals surface area contributed by atoms with Crippen molar-refractivity contribution in [3.8, 4) is 23.0 Å². The first-order chi connectivity index (χ1) is 12.1. The van der Waals surface area contributed by atoms with Gasteiger partial charge in [-0.2, -0.15) is 0 Å². The minimum atomic E-state index is -0.138. The SMILES string of the molecule is COc1ccc(CN(C)C(=O)COc2ccccc2OC)cc1OC. The minimum absolute atomic E-state index is 0.0653. The molecule has 0 radical (unpaired) electrons. The Kier molecular flexibility index (Phi) is 6.51. The third kappa shape index (κ3) is 4.79. The molecule has 0 unspecified atom stereocenters. The maximum atomic E-state index is 12.3. The zero-order valence-corrected chi connectivity index (χ0v) is 14.9. The van der Waals surface area contributed by atoms with Crippen LogP contribution in [-0.4, -0.2) is 45.8 Å². The van der Waals surface area contributed by atoms with Gasteiger partial charge in [-0.3, -0.25) is 4.79 Å². The number of carbonyl (C=O) groups excluding carboxylic acids is 1. The van der Waals surface area contributed by atoms with Gasteiger partial charge in [0.25, 0.3) is 5.91 Å². The summed E-state index contributed by atoms with van der Waals surface area (Å²) in [5, 5.41) is 0. The van der Waals surface area contributed by atoms with E-state index in [4.69, 9.17) is 18.9 Å². The van der Waals surface area contributed by atoms with Crippen LogP contribution in [0.5, 0.6) is 23.0 Å². The van der Waals surface area contributed by atoms with E-state index < -0.39 is 0 Å². The Morgan fingerprint density at radius 2 is 1.48 bits per heavy atom. The number of para-hydroxylation sites is 2. The van der Waals surface area contributed by atoms with E-state index >= 15 is 0 Å². The van der Waals surface area contributed by atoms with Crippen molar-refractivity contribution < 1.29 is 23.7 Å². The monoisotopic (exact) mass is 345 g/mol. The van der Waals surface area contributed by atoms with Crippen LogP contribution in [-0.2, 0) is 11.3 Å². The van der Waals surface area contributed by atoms with Crippen LogP contribution in [0, 0.1) is 0 Å². The molecule has 0 aromatic heterocycles. The van der Waals surface area contributed by atoms with Crippen molar-refractivity contribution in [3.63, 3.8) is 0 Å². The van der Waals surface area contributed by atoms with E-state index in [1.54, 1.807) is 45.4 Å². The molecule has 6 heteroatoms. The number of ether oxygens (including phenoxy) is 4. The van der Waals surface area contributed by atoms with E-state index in [1.807, 2.05) is 30.3 Å². The summed E-state index contributed by atoms with van der Waals surface area (Å²) < 4.78 is 21.3. The molecule has 0 aliphatic rings. The second-order valence-electron chi connectivity index (χ2n) is 5.38. The standard InChI is InChI=1S/C19H23NO5/c1-20(12-14-9-10-16(23-3)18(11-14)24-4)19(21)13-25-17-8-6-5-7-15(17)22-2/h5-11H,12-13H2,1-4H3. The highest BCUT2D eigenvalue weighted by Gasteiger charge is 2.13. The minimum Gasteiger partial charge on any atom is -0.493 e. The molecule has 25 heavy (non-hydrogen) atoms. The van der Waals surface area contributed by atoms with Crippen LogP contribution < -0.4 is 18.9 Å². The van der Waals surface area contributed by atoms with Gasteiger partial charge in [-0.25, -0.2) is 0 Å². The van der Waals surface area contributed by atoms with Gasteiger partial charge in [-0.05, 0) is 29.8 Å². The zero-order chi connectivity index (χ0) is 18.2. The molecular weight excluding hydrogens is 322 g/mol. The molecule has 2 aromatic carbocycles. The van der Waals surface area contributed by atoms with E-state index in [0.29, 0.717) is 29.5 Å². The Hall–Kier alpha value is -2.89. The smallest absolute Gasteiger partial charge is 0.260 e. The summed E-state index contributed by atoms with van der Waals surface area (Å²) in [5.41, 5.74) is 0.936. The van der Waals surface area contributed by atoms with E-state index in [9.17, 15) is 4.79 Å². The highest BCUT2D eigenvalue weighted by molar-refractivity contribution is 5.77. The molecule has 0 atom stereocenters. The second kappa shape index (κ2) is 8.82. The van der Waals surface area contributed by atoms with Crippen molar-refractivity contribution in [2.75, 3.05) is 35.0 Å². The average Bonchev–Trinajstić information content (AvgIpc) is 2.65. The van der Waals surface area contributed by atoms with Crippen molar-refractivity contribution in [2.45, 2.75) is 6.54 Å². The number of nitrogens with zero attached hydrogens (tertiary/aromatic N) is 1. The summed E-state index contributed by atoms with van der Waals surface area (Å²) in [6.45, 7) is 0.374. The molecule has 134 valence electrons. The lowest BCUT2D eigenvalue weighted by atomic mass is 10.2. The van der Waals surface area contributed by atoms with Crippen LogP contribution in [0.15, 0.2) is 42.5 Å². The lowest BCUT2D eigenvalue weighted by Gasteiger charge is -2.19. The molecule has 0 fully saturated rings. The van der Waals surface area contributed by atoms with Crippen LogP contribution in [0.2, 0.25) is 0 Å². The number of hydrogen-bond donors (Lipinski definition) is 0. The molecule has 1 amide bonds.